The highest BCUT2D eigenvalue weighted by Gasteiger charge is 2.28. The second-order valence-electron chi connectivity index (χ2n) is 7.35. The number of hydrogen-bond acceptors (Lipinski definition) is 3. The molecule has 5 heteroatoms. The molecule has 0 saturated carbocycles. The highest BCUT2D eigenvalue weighted by Crippen LogP contribution is 2.30. The largest absolute Gasteiger partial charge is 0.336 e. The fourth-order valence-corrected chi connectivity index (χ4v) is 3.80. The van der Waals surface area contributed by atoms with Gasteiger partial charge in [-0.15, -0.1) is 0 Å². The number of amides is 1. The summed E-state index contributed by atoms with van der Waals surface area (Å²) in [5.74, 6) is 0.107. The molecule has 1 aromatic carbocycles. The minimum atomic E-state index is 0.107. The third-order valence-corrected chi connectivity index (χ3v) is 5.55. The van der Waals surface area contributed by atoms with Crippen LogP contribution in [0.2, 0.25) is 0 Å². The fraction of sp³-hybridized carbons (Fsp3) is 0.381. The number of aromatic nitrogens is 3. The molecule has 1 amide bonds. The van der Waals surface area contributed by atoms with Gasteiger partial charge in [-0.2, -0.15) is 5.10 Å². The second kappa shape index (κ2) is 6.24. The number of pyridine rings is 1. The molecule has 4 rings (SSSR count). The number of carbonyl (C=O) groups is 1. The number of carbonyl (C=O) groups excluding carboxylic acids is 1. The molecule has 1 fully saturated rings. The Morgan fingerprint density at radius 1 is 1.27 bits per heavy atom. The summed E-state index contributed by atoms with van der Waals surface area (Å²) in [6.07, 6.45) is 5.88. The average molecular weight is 348 g/mol. The van der Waals surface area contributed by atoms with Gasteiger partial charge in [0.05, 0.1) is 23.0 Å². The normalized spacial score (nSPS) is 17.2. The number of fused-ring (bicyclic) bond motifs is 1. The number of hydrogen-bond donors (Lipinski definition) is 0. The lowest BCUT2D eigenvalue weighted by Gasteiger charge is -2.23. The third-order valence-electron chi connectivity index (χ3n) is 5.55. The van der Waals surface area contributed by atoms with E-state index in [4.69, 9.17) is 4.98 Å². The van der Waals surface area contributed by atoms with Crippen LogP contribution in [0.4, 0.5) is 0 Å². The van der Waals surface area contributed by atoms with Crippen LogP contribution in [0.5, 0.6) is 0 Å². The maximum Gasteiger partial charge on any atom is 0.254 e. The van der Waals surface area contributed by atoms with Crippen LogP contribution >= 0.6 is 0 Å². The van der Waals surface area contributed by atoms with Crippen molar-refractivity contribution in [3.8, 4) is 11.3 Å². The van der Waals surface area contributed by atoms with Crippen LogP contribution in [0.15, 0.2) is 30.6 Å². The zero-order valence-electron chi connectivity index (χ0n) is 15.8. The first-order valence-corrected chi connectivity index (χ1v) is 9.16. The first-order chi connectivity index (χ1) is 12.5. The van der Waals surface area contributed by atoms with Crippen molar-refractivity contribution in [3.63, 3.8) is 0 Å². The van der Waals surface area contributed by atoms with Crippen molar-refractivity contribution in [2.75, 3.05) is 6.54 Å². The Labute approximate surface area is 153 Å². The van der Waals surface area contributed by atoms with E-state index in [-0.39, 0.29) is 5.91 Å². The summed E-state index contributed by atoms with van der Waals surface area (Å²) in [5, 5.41) is 5.19. The van der Waals surface area contributed by atoms with Crippen LogP contribution in [-0.2, 0) is 7.05 Å². The molecule has 3 aromatic rings. The molecule has 0 bridgehead atoms. The van der Waals surface area contributed by atoms with E-state index in [2.05, 4.69) is 31.9 Å². The minimum absolute atomic E-state index is 0.107. The zero-order chi connectivity index (χ0) is 18.4. The van der Waals surface area contributed by atoms with E-state index in [1.807, 2.05) is 30.3 Å². The minimum Gasteiger partial charge on any atom is -0.336 e. The van der Waals surface area contributed by atoms with Gasteiger partial charge >= 0.3 is 0 Å². The lowest BCUT2D eigenvalue weighted by Crippen LogP contribution is -2.33. The molecule has 134 valence electrons. The zero-order valence-corrected chi connectivity index (χ0v) is 15.8. The van der Waals surface area contributed by atoms with E-state index in [0.29, 0.717) is 6.04 Å². The molecule has 26 heavy (non-hydrogen) atoms. The number of likely N-dealkylation sites (tertiary alicyclic amines) is 1. The van der Waals surface area contributed by atoms with Crippen molar-refractivity contribution >= 4 is 16.8 Å². The van der Waals surface area contributed by atoms with Gasteiger partial charge in [-0.25, -0.2) is 4.98 Å². The van der Waals surface area contributed by atoms with Crippen molar-refractivity contribution in [2.24, 2.45) is 7.05 Å². The third kappa shape index (κ3) is 2.68. The Balaban J connectivity index is 1.95. The van der Waals surface area contributed by atoms with Gasteiger partial charge in [0.15, 0.2) is 0 Å². The predicted octanol–water partition coefficient (Wildman–Crippen LogP) is 3.88. The maximum absolute atomic E-state index is 13.3. The van der Waals surface area contributed by atoms with Gasteiger partial charge in [-0.1, -0.05) is 12.1 Å². The fourth-order valence-electron chi connectivity index (χ4n) is 3.80. The van der Waals surface area contributed by atoms with E-state index >= 15 is 0 Å². The van der Waals surface area contributed by atoms with Crippen molar-refractivity contribution in [1.29, 1.82) is 0 Å². The Morgan fingerprint density at radius 3 is 2.73 bits per heavy atom. The van der Waals surface area contributed by atoms with Gasteiger partial charge in [0.2, 0.25) is 0 Å². The monoisotopic (exact) mass is 348 g/mol. The SMILES string of the molecule is Cc1ccc2c(C(=O)N3CCC[C@@H]3C)cc(-c3cnn(C)c3)nc2c1C. The Morgan fingerprint density at radius 2 is 2.08 bits per heavy atom. The van der Waals surface area contributed by atoms with E-state index in [1.165, 1.54) is 5.56 Å². The molecule has 0 N–H and O–H groups in total. The van der Waals surface area contributed by atoms with Gasteiger partial charge < -0.3 is 4.90 Å². The lowest BCUT2D eigenvalue weighted by molar-refractivity contribution is 0.0749. The summed E-state index contributed by atoms with van der Waals surface area (Å²) in [4.78, 5) is 20.2. The van der Waals surface area contributed by atoms with E-state index in [9.17, 15) is 4.79 Å². The highest BCUT2D eigenvalue weighted by molar-refractivity contribution is 6.08. The topological polar surface area (TPSA) is 51.0 Å². The molecule has 0 aliphatic carbocycles. The predicted molar refractivity (Wildman–Crippen MR) is 103 cm³/mol. The highest BCUT2D eigenvalue weighted by atomic mass is 16.2. The number of nitrogens with zero attached hydrogens (tertiary/aromatic N) is 4. The van der Waals surface area contributed by atoms with Gasteiger partial charge in [0.25, 0.3) is 5.91 Å². The standard InChI is InChI=1S/C21H24N4O/c1-13-7-8-17-18(21(26)25-9-5-6-14(25)2)10-19(23-20(17)15(13)3)16-11-22-24(4)12-16/h7-8,10-12,14H,5-6,9H2,1-4H3/t14-/m0/s1. The summed E-state index contributed by atoms with van der Waals surface area (Å²) < 4.78 is 1.76. The van der Waals surface area contributed by atoms with Crippen molar-refractivity contribution in [3.05, 3.63) is 47.3 Å². The first kappa shape index (κ1) is 16.8. The van der Waals surface area contributed by atoms with Crippen LogP contribution in [0.25, 0.3) is 22.2 Å². The molecule has 1 atom stereocenters. The molecular formula is C21H24N4O. The molecule has 1 aliphatic rings. The molecule has 1 aliphatic heterocycles. The molecule has 3 heterocycles. The first-order valence-electron chi connectivity index (χ1n) is 9.16. The van der Waals surface area contributed by atoms with E-state index < -0.39 is 0 Å². The molecule has 0 radical (unpaired) electrons. The summed E-state index contributed by atoms with van der Waals surface area (Å²) in [7, 11) is 1.89. The molecular weight excluding hydrogens is 324 g/mol. The molecule has 5 nitrogen and oxygen atoms in total. The summed E-state index contributed by atoms with van der Waals surface area (Å²) in [6.45, 7) is 7.12. The Hall–Kier alpha value is -2.69. The van der Waals surface area contributed by atoms with E-state index in [1.54, 1.807) is 10.9 Å². The van der Waals surface area contributed by atoms with Gasteiger partial charge in [0.1, 0.15) is 0 Å². The summed E-state index contributed by atoms with van der Waals surface area (Å²) in [6, 6.07) is 6.33. The molecule has 0 unspecified atom stereocenters. The average Bonchev–Trinajstić information content (AvgIpc) is 3.25. The molecule has 0 spiro atoms. The number of rotatable bonds is 2. The van der Waals surface area contributed by atoms with Crippen LogP contribution in [-0.4, -0.2) is 38.2 Å². The summed E-state index contributed by atoms with van der Waals surface area (Å²) >= 11 is 0. The summed E-state index contributed by atoms with van der Waals surface area (Å²) in [5.41, 5.74) is 5.68. The van der Waals surface area contributed by atoms with Crippen LogP contribution in [0.1, 0.15) is 41.3 Å². The number of benzene rings is 1. The van der Waals surface area contributed by atoms with Gasteiger partial charge in [0, 0.05) is 36.8 Å². The van der Waals surface area contributed by atoms with Crippen molar-refractivity contribution in [1.82, 2.24) is 19.7 Å². The Kier molecular flexibility index (Phi) is 4.02. The lowest BCUT2D eigenvalue weighted by atomic mass is 9.99. The van der Waals surface area contributed by atoms with E-state index in [0.717, 1.165) is 52.7 Å². The molecule has 2 aromatic heterocycles. The van der Waals surface area contributed by atoms with Crippen LogP contribution in [0.3, 0.4) is 0 Å². The second-order valence-corrected chi connectivity index (χ2v) is 7.35. The van der Waals surface area contributed by atoms with Crippen LogP contribution in [0, 0.1) is 13.8 Å². The van der Waals surface area contributed by atoms with Gasteiger partial charge in [-0.05, 0) is 50.8 Å². The number of aryl methyl sites for hydroxylation is 3. The molecule has 1 saturated heterocycles. The maximum atomic E-state index is 13.3. The van der Waals surface area contributed by atoms with Gasteiger partial charge in [-0.3, -0.25) is 9.48 Å². The smallest absolute Gasteiger partial charge is 0.254 e. The quantitative estimate of drug-likeness (QED) is 0.706. The Bertz CT molecular complexity index is 1000. The van der Waals surface area contributed by atoms with Crippen molar-refractivity contribution in [2.45, 2.75) is 39.7 Å². The van der Waals surface area contributed by atoms with Crippen LogP contribution < -0.4 is 0 Å². The van der Waals surface area contributed by atoms with Crippen molar-refractivity contribution < 1.29 is 4.79 Å².